The van der Waals surface area contributed by atoms with E-state index in [1.54, 1.807) is 18.0 Å². The van der Waals surface area contributed by atoms with Crippen LogP contribution < -0.4 is 5.73 Å². The molecular weight excluding hydrogens is 382 g/mol. The first kappa shape index (κ1) is 19.5. The second kappa shape index (κ2) is 8.69. The first-order valence-corrected chi connectivity index (χ1v) is 10.8. The molecule has 0 aliphatic carbocycles. The van der Waals surface area contributed by atoms with Gasteiger partial charge in [-0.15, -0.1) is 0 Å². The number of anilines is 1. The van der Waals surface area contributed by atoms with Gasteiger partial charge in [-0.25, -0.2) is 15.0 Å². The molecule has 0 saturated carbocycles. The number of hydrogen-bond acceptors (Lipinski definition) is 6. The average Bonchev–Trinajstić information content (AvgIpc) is 3.35. The molecule has 4 aromatic rings. The van der Waals surface area contributed by atoms with Crippen molar-refractivity contribution in [2.45, 2.75) is 38.4 Å². The number of nitrogens with two attached hydrogens (primary N) is 1. The Morgan fingerprint density at radius 1 is 1.07 bits per heavy atom. The molecule has 2 N–H and O–H groups in total. The molecule has 0 spiro atoms. The number of hydrogen-bond donors (Lipinski definition) is 1. The molecule has 150 valence electrons. The molecular formula is C22H25N5OS. The Morgan fingerprint density at radius 2 is 1.90 bits per heavy atom. The molecule has 4 rings (SSSR count). The lowest BCUT2D eigenvalue weighted by atomic mass is 10.1. The van der Waals surface area contributed by atoms with E-state index in [1.807, 2.05) is 18.2 Å². The van der Waals surface area contributed by atoms with Gasteiger partial charge >= 0.3 is 0 Å². The van der Waals surface area contributed by atoms with Crippen molar-refractivity contribution in [2.75, 3.05) is 11.5 Å². The summed E-state index contributed by atoms with van der Waals surface area (Å²) in [7, 11) is 0. The highest BCUT2D eigenvalue weighted by atomic mass is 32.2. The number of aromatic nitrogens is 4. The fourth-order valence-electron chi connectivity index (χ4n) is 3.28. The van der Waals surface area contributed by atoms with E-state index in [0.717, 1.165) is 36.6 Å². The fourth-order valence-corrected chi connectivity index (χ4v) is 4.07. The second-order valence-corrected chi connectivity index (χ2v) is 8.48. The van der Waals surface area contributed by atoms with E-state index < -0.39 is 0 Å². The van der Waals surface area contributed by atoms with Crippen molar-refractivity contribution in [3.63, 3.8) is 0 Å². The van der Waals surface area contributed by atoms with Gasteiger partial charge in [-0.1, -0.05) is 55.9 Å². The van der Waals surface area contributed by atoms with E-state index in [9.17, 15) is 0 Å². The van der Waals surface area contributed by atoms with Crippen molar-refractivity contribution in [1.82, 2.24) is 19.5 Å². The highest BCUT2D eigenvalue weighted by Gasteiger charge is 2.20. The smallest absolute Gasteiger partial charge is 0.191 e. The molecule has 29 heavy (non-hydrogen) atoms. The molecule has 3 heterocycles. The van der Waals surface area contributed by atoms with Gasteiger partial charge < -0.3 is 14.7 Å². The van der Waals surface area contributed by atoms with E-state index >= 15 is 0 Å². The Kier molecular flexibility index (Phi) is 5.85. The summed E-state index contributed by atoms with van der Waals surface area (Å²) in [5, 5.41) is 0.693. The third kappa shape index (κ3) is 4.45. The molecule has 7 heteroatoms. The lowest BCUT2D eigenvalue weighted by Crippen LogP contribution is -2.07. The molecule has 3 aromatic heterocycles. The summed E-state index contributed by atoms with van der Waals surface area (Å²) in [6.45, 7) is 5.12. The van der Waals surface area contributed by atoms with Crippen LogP contribution in [0.3, 0.4) is 0 Å². The number of imidazole rings is 1. The van der Waals surface area contributed by atoms with Crippen molar-refractivity contribution in [1.29, 1.82) is 0 Å². The van der Waals surface area contributed by atoms with E-state index in [0.29, 0.717) is 28.2 Å². The van der Waals surface area contributed by atoms with Crippen LogP contribution >= 0.6 is 11.8 Å². The van der Waals surface area contributed by atoms with Gasteiger partial charge in [0, 0.05) is 12.3 Å². The van der Waals surface area contributed by atoms with Crippen molar-refractivity contribution in [3.05, 3.63) is 54.3 Å². The lowest BCUT2D eigenvalue weighted by molar-refractivity contribution is 0.519. The van der Waals surface area contributed by atoms with Gasteiger partial charge in [-0.05, 0) is 36.5 Å². The molecule has 0 unspecified atom stereocenters. The summed E-state index contributed by atoms with van der Waals surface area (Å²) in [4.78, 5) is 14.0. The SMILES string of the molecule is CC(C)Cn1c(-c2ccco2)nc2c(N)nc(SCCCc3ccccc3)nc21. The minimum atomic E-state index is 0.413. The summed E-state index contributed by atoms with van der Waals surface area (Å²) in [5.74, 6) is 3.23. The monoisotopic (exact) mass is 407 g/mol. The largest absolute Gasteiger partial charge is 0.461 e. The number of nitrogens with zero attached hydrogens (tertiary/aromatic N) is 4. The van der Waals surface area contributed by atoms with Crippen molar-refractivity contribution in [2.24, 2.45) is 5.92 Å². The number of rotatable bonds is 8. The zero-order chi connectivity index (χ0) is 20.2. The molecule has 0 aliphatic heterocycles. The van der Waals surface area contributed by atoms with Crippen LogP contribution in [0.5, 0.6) is 0 Å². The van der Waals surface area contributed by atoms with Gasteiger partial charge in [-0.3, -0.25) is 0 Å². The first-order valence-electron chi connectivity index (χ1n) is 9.86. The maximum Gasteiger partial charge on any atom is 0.191 e. The van der Waals surface area contributed by atoms with Crippen molar-refractivity contribution in [3.8, 4) is 11.6 Å². The molecule has 0 bridgehead atoms. The van der Waals surface area contributed by atoms with Crippen molar-refractivity contribution < 1.29 is 4.42 Å². The first-order chi connectivity index (χ1) is 14.1. The van der Waals surface area contributed by atoms with Crippen LogP contribution in [0.4, 0.5) is 5.82 Å². The average molecular weight is 408 g/mol. The van der Waals surface area contributed by atoms with Crippen LogP contribution in [0.25, 0.3) is 22.7 Å². The van der Waals surface area contributed by atoms with Gasteiger partial charge in [-0.2, -0.15) is 0 Å². The minimum Gasteiger partial charge on any atom is -0.461 e. The Hall–Kier alpha value is -2.80. The van der Waals surface area contributed by atoms with Crippen LogP contribution in [0, 0.1) is 5.92 Å². The van der Waals surface area contributed by atoms with Crippen LogP contribution in [0.2, 0.25) is 0 Å². The van der Waals surface area contributed by atoms with E-state index in [1.165, 1.54) is 5.56 Å². The topological polar surface area (TPSA) is 82.8 Å². The summed E-state index contributed by atoms with van der Waals surface area (Å²) in [6.07, 6.45) is 3.75. The van der Waals surface area contributed by atoms with E-state index in [4.69, 9.17) is 20.1 Å². The molecule has 0 radical (unpaired) electrons. The predicted molar refractivity (Wildman–Crippen MR) is 118 cm³/mol. The van der Waals surface area contributed by atoms with E-state index in [-0.39, 0.29) is 0 Å². The lowest BCUT2D eigenvalue weighted by Gasteiger charge is -2.10. The number of aryl methyl sites for hydroxylation is 1. The van der Waals surface area contributed by atoms with Crippen molar-refractivity contribution >= 4 is 28.7 Å². The van der Waals surface area contributed by atoms with Crippen LogP contribution in [-0.2, 0) is 13.0 Å². The van der Waals surface area contributed by atoms with Crippen LogP contribution in [0.1, 0.15) is 25.8 Å². The number of furan rings is 1. The predicted octanol–water partition coefficient (Wildman–Crippen LogP) is 5.05. The van der Waals surface area contributed by atoms with Crippen LogP contribution in [-0.4, -0.2) is 25.3 Å². The maximum atomic E-state index is 6.25. The van der Waals surface area contributed by atoms with Crippen LogP contribution in [0.15, 0.2) is 58.3 Å². The van der Waals surface area contributed by atoms with Gasteiger partial charge in [0.2, 0.25) is 0 Å². The van der Waals surface area contributed by atoms with Gasteiger partial charge in [0.25, 0.3) is 0 Å². The maximum absolute atomic E-state index is 6.25. The highest BCUT2D eigenvalue weighted by molar-refractivity contribution is 7.99. The third-order valence-corrected chi connectivity index (χ3v) is 5.51. The zero-order valence-corrected chi connectivity index (χ0v) is 17.5. The van der Waals surface area contributed by atoms with Gasteiger partial charge in [0.1, 0.15) is 0 Å². The van der Waals surface area contributed by atoms with E-state index in [2.05, 4.69) is 47.7 Å². The molecule has 0 fully saturated rings. The Morgan fingerprint density at radius 3 is 2.62 bits per heavy atom. The Balaban J connectivity index is 1.58. The molecule has 0 aliphatic rings. The number of thioether (sulfide) groups is 1. The Bertz CT molecular complexity index is 1070. The summed E-state index contributed by atoms with van der Waals surface area (Å²) < 4.78 is 7.67. The summed E-state index contributed by atoms with van der Waals surface area (Å²) >= 11 is 1.64. The zero-order valence-electron chi connectivity index (χ0n) is 16.7. The van der Waals surface area contributed by atoms with Gasteiger partial charge in [0.15, 0.2) is 33.7 Å². The summed E-state index contributed by atoms with van der Waals surface area (Å²) in [6, 6.07) is 14.3. The second-order valence-electron chi connectivity index (χ2n) is 7.42. The number of nitrogen functional groups attached to an aromatic ring is 1. The van der Waals surface area contributed by atoms with Gasteiger partial charge in [0.05, 0.1) is 6.26 Å². The molecule has 0 amide bonds. The third-order valence-electron chi connectivity index (χ3n) is 4.57. The number of benzene rings is 1. The summed E-state index contributed by atoms with van der Waals surface area (Å²) in [5.41, 5.74) is 8.99. The molecule has 0 saturated heterocycles. The fraction of sp³-hybridized carbons (Fsp3) is 0.318. The number of fused-ring (bicyclic) bond motifs is 1. The molecule has 6 nitrogen and oxygen atoms in total. The minimum absolute atomic E-state index is 0.413. The standard InChI is InChI=1S/C22H25N5OS/c1-15(2)14-27-20(17-11-6-12-28-17)24-18-19(23)25-22(26-21(18)27)29-13-7-10-16-8-4-3-5-9-16/h3-6,8-9,11-12,15H,7,10,13-14H2,1-2H3,(H2,23,25,26). The highest BCUT2D eigenvalue weighted by Crippen LogP contribution is 2.29. The quantitative estimate of drug-likeness (QED) is 0.250. The Labute approximate surface area is 174 Å². The molecule has 1 aromatic carbocycles. The normalized spacial score (nSPS) is 11.6. The molecule has 0 atom stereocenters.